The second kappa shape index (κ2) is 7.77. The monoisotopic (exact) mass is 304 g/mol. The van der Waals surface area contributed by atoms with Crippen LogP contribution in [0.25, 0.3) is 0 Å². The average molecular weight is 304 g/mol. The Morgan fingerprint density at radius 2 is 2.00 bits per heavy atom. The van der Waals surface area contributed by atoms with E-state index in [1.54, 1.807) is 13.1 Å². The fraction of sp³-hybridized carbons (Fsp3) is 0.562. The van der Waals surface area contributed by atoms with Gasteiger partial charge in [0.05, 0.1) is 0 Å². The highest BCUT2D eigenvalue weighted by Gasteiger charge is 2.19. The highest BCUT2D eigenvalue weighted by Crippen LogP contribution is 2.17. The summed E-state index contributed by atoms with van der Waals surface area (Å²) in [6, 6.07) is 3.73. The Morgan fingerprint density at radius 1 is 1.27 bits per heavy atom. The van der Waals surface area contributed by atoms with Crippen molar-refractivity contribution in [2.75, 3.05) is 37.6 Å². The summed E-state index contributed by atoms with van der Waals surface area (Å²) in [6.45, 7) is 7.36. The first-order valence-corrected chi connectivity index (χ1v) is 7.86. The summed E-state index contributed by atoms with van der Waals surface area (Å²) in [4.78, 5) is 31.6. The van der Waals surface area contributed by atoms with Crippen molar-refractivity contribution in [3.05, 3.63) is 24.0 Å². The number of nitrogens with zero attached hydrogens (tertiary/aromatic N) is 3. The molecule has 2 heterocycles. The Kier molecular flexibility index (Phi) is 5.75. The summed E-state index contributed by atoms with van der Waals surface area (Å²) in [5, 5.41) is 2.88. The van der Waals surface area contributed by atoms with Crippen LogP contribution in [0.2, 0.25) is 0 Å². The number of carbonyl (C=O) groups excluding carboxylic acids is 2. The Hall–Kier alpha value is -2.11. The maximum atomic E-state index is 12.1. The van der Waals surface area contributed by atoms with E-state index in [9.17, 15) is 9.59 Å². The molecule has 0 saturated carbocycles. The van der Waals surface area contributed by atoms with Gasteiger partial charge in [0, 0.05) is 51.5 Å². The van der Waals surface area contributed by atoms with E-state index in [1.165, 1.54) is 0 Å². The van der Waals surface area contributed by atoms with Crippen molar-refractivity contribution in [1.82, 2.24) is 15.2 Å². The highest BCUT2D eigenvalue weighted by atomic mass is 16.2. The number of rotatable bonds is 5. The zero-order chi connectivity index (χ0) is 15.9. The molecule has 0 aromatic carbocycles. The van der Waals surface area contributed by atoms with Crippen LogP contribution in [0.1, 0.15) is 37.2 Å². The van der Waals surface area contributed by atoms with E-state index in [0.29, 0.717) is 12.2 Å². The van der Waals surface area contributed by atoms with Gasteiger partial charge in [-0.15, -0.1) is 0 Å². The molecule has 6 nitrogen and oxygen atoms in total. The molecule has 1 fully saturated rings. The van der Waals surface area contributed by atoms with Crippen LogP contribution < -0.4 is 10.2 Å². The van der Waals surface area contributed by atoms with Gasteiger partial charge in [-0.25, -0.2) is 0 Å². The van der Waals surface area contributed by atoms with Gasteiger partial charge in [0.2, 0.25) is 5.91 Å². The molecule has 0 spiro atoms. The fourth-order valence-electron chi connectivity index (χ4n) is 2.49. The number of aromatic nitrogens is 1. The first-order chi connectivity index (χ1) is 10.6. The van der Waals surface area contributed by atoms with E-state index in [4.69, 9.17) is 0 Å². The largest absolute Gasteiger partial charge is 0.368 e. The van der Waals surface area contributed by atoms with Crippen LogP contribution in [-0.2, 0) is 4.79 Å². The molecule has 6 heteroatoms. The van der Waals surface area contributed by atoms with E-state index in [0.717, 1.165) is 44.7 Å². The number of hydrogen-bond acceptors (Lipinski definition) is 4. The van der Waals surface area contributed by atoms with Crippen LogP contribution in [0, 0.1) is 0 Å². The summed E-state index contributed by atoms with van der Waals surface area (Å²) < 4.78 is 0. The van der Waals surface area contributed by atoms with Crippen LogP contribution in [-0.4, -0.2) is 54.4 Å². The Labute approximate surface area is 131 Å². The van der Waals surface area contributed by atoms with E-state index in [-0.39, 0.29) is 11.8 Å². The molecule has 1 aromatic rings. The minimum Gasteiger partial charge on any atom is -0.368 e. The Morgan fingerprint density at radius 3 is 2.64 bits per heavy atom. The van der Waals surface area contributed by atoms with Gasteiger partial charge in [-0.1, -0.05) is 13.3 Å². The predicted octanol–water partition coefficient (Wildman–Crippen LogP) is 1.28. The third-order valence-corrected chi connectivity index (χ3v) is 3.88. The molecule has 0 aliphatic carbocycles. The maximum absolute atomic E-state index is 12.1. The van der Waals surface area contributed by atoms with Crippen molar-refractivity contribution >= 4 is 17.5 Å². The Balaban J connectivity index is 1.97. The second-order valence-corrected chi connectivity index (χ2v) is 5.50. The highest BCUT2D eigenvalue weighted by molar-refractivity contribution is 5.93. The SMILES string of the molecule is CCCCNC(=O)c1cc(N2CCN(C(C)=O)CC2)ccn1. The normalized spacial score (nSPS) is 14.8. The van der Waals surface area contributed by atoms with Crippen LogP contribution in [0.15, 0.2) is 18.3 Å². The van der Waals surface area contributed by atoms with Crippen molar-refractivity contribution < 1.29 is 9.59 Å². The number of nitrogens with one attached hydrogen (secondary N) is 1. The lowest BCUT2D eigenvalue weighted by Gasteiger charge is -2.35. The number of anilines is 1. The summed E-state index contributed by atoms with van der Waals surface area (Å²) in [7, 11) is 0. The van der Waals surface area contributed by atoms with Crippen molar-refractivity contribution in [3.63, 3.8) is 0 Å². The number of carbonyl (C=O) groups is 2. The molecule has 2 amide bonds. The predicted molar refractivity (Wildman–Crippen MR) is 85.9 cm³/mol. The Bertz CT molecular complexity index is 525. The van der Waals surface area contributed by atoms with Gasteiger partial charge in [-0.2, -0.15) is 0 Å². The summed E-state index contributed by atoms with van der Waals surface area (Å²) in [6.07, 6.45) is 3.69. The van der Waals surface area contributed by atoms with E-state index in [1.807, 2.05) is 17.0 Å². The molecule has 22 heavy (non-hydrogen) atoms. The lowest BCUT2D eigenvalue weighted by atomic mass is 10.2. The maximum Gasteiger partial charge on any atom is 0.269 e. The minimum absolute atomic E-state index is 0.116. The third-order valence-electron chi connectivity index (χ3n) is 3.88. The first kappa shape index (κ1) is 16.3. The zero-order valence-electron chi connectivity index (χ0n) is 13.3. The number of unbranched alkanes of at least 4 members (excludes halogenated alkanes) is 1. The number of piperazine rings is 1. The molecule has 1 N–H and O–H groups in total. The molecule has 0 atom stereocenters. The lowest BCUT2D eigenvalue weighted by molar-refractivity contribution is -0.129. The van der Waals surface area contributed by atoms with Gasteiger partial charge in [0.1, 0.15) is 5.69 Å². The van der Waals surface area contributed by atoms with Gasteiger partial charge in [-0.05, 0) is 18.6 Å². The molecule has 0 radical (unpaired) electrons. The topological polar surface area (TPSA) is 65.5 Å². The molecular formula is C16H24N4O2. The molecule has 1 saturated heterocycles. The van der Waals surface area contributed by atoms with E-state index >= 15 is 0 Å². The van der Waals surface area contributed by atoms with Crippen molar-refractivity contribution in [1.29, 1.82) is 0 Å². The van der Waals surface area contributed by atoms with E-state index < -0.39 is 0 Å². The standard InChI is InChI=1S/C16H24N4O2/c1-3-4-6-18-16(22)15-12-14(5-7-17-15)20-10-8-19(9-11-20)13(2)21/h5,7,12H,3-4,6,8-11H2,1-2H3,(H,18,22). The number of pyridine rings is 1. The fourth-order valence-corrected chi connectivity index (χ4v) is 2.49. The van der Waals surface area contributed by atoms with Gasteiger partial charge in [0.25, 0.3) is 5.91 Å². The van der Waals surface area contributed by atoms with Gasteiger partial charge in [0.15, 0.2) is 0 Å². The van der Waals surface area contributed by atoms with Crippen LogP contribution in [0.3, 0.4) is 0 Å². The molecule has 0 bridgehead atoms. The van der Waals surface area contributed by atoms with E-state index in [2.05, 4.69) is 22.1 Å². The zero-order valence-corrected chi connectivity index (χ0v) is 13.3. The number of amides is 2. The van der Waals surface area contributed by atoms with Gasteiger partial charge in [-0.3, -0.25) is 14.6 Å². The average Bonchev–Trinajstić information content (AvgIpc) is 2.55. The van der Waals surface area contributed by atoms with Crippen molar-refractivity contribution in [2.45, 2.75) is 26.7 Å². The molecule has 120 valence electrons. The smallest absolute Gasteiger partial charge is 0.269 e. The van der Waals surface area contributed by atoms with Gasteiger partial charge < -0.3 is 15.1 Å². The van der Waals surface area contributed by atoms with Crippen molar-refractivity contribution in [2.24, 2.45) is 0 Å². The van der Waals surface area contributed by atoms with Crippen LogP contribution >= 0.6 is 0 Å². The van der Waals surface area contributed by atoms with Crippen molar-refractivity contribution in [3.8, 4) is 0 Å². The molecule has 1 aliphatic heterocycles. The molecule has 2 rings (SSSR count). The van der Waals surface area contributed by atoms with Gasteiger partial charge >= 0.3 is 0 Å². The third kappa shape index (κ3) is 4.19. The molecular weight excluding hydrogens is 280 g/mol. The minimum atomic E-state index is -0.127. The number of hydrogen-bond donors (Lipinski definition) is 1. The second-order valence-electron chi connectivity index (χ2n) is 5.50. The summed E-state index contributed by atoms with van der Waals surface area (Å²) in [5.41, 5.74) is 1.43. The molecule has 1 aromatic heterocycles. The lowest BCUT2D eigenvalue weighted by Crippen LogP contribution is -2.48. The summed E-state index contributed by atoms with van der Waals surface area (Å²) >= 11 is 0. The van der Waals surface area contributed by atoms with Crippen LogP contribution in [0.5, 0.6) is 0 Å². The van der Waals surface area contributed by atoms with Crippen LogP contribution in [0.4, 0.5) is 5.69 Å². The quantitative estimate of drug-likeness (QED) is 0.832. The first-order valence-electron chi connectivity index (χ1n) is 7.86. The summed E-state index contributed by atoms with van der Waals surface area (Å²) in [5.74, 6) is -0.0111. The molecule has 0 unspecified atom stereocenters. The molecule has 1 aliphatic rings.